The normalized spacial score (nSPS) is 35.1. The maximum atomic E-state index is 13.5. The Kier molecular flexibility index (Phi) is 6.83. The van der Waals surface area contributed by atoms with Crippen molar-refractivity contribution in [1.82, 2.24) is 15.5 Å². The largest absolute Gasteiger partial charge is 0.396 e. The van der Waals surface area contributed by atoms with E-state index in [2.05, 4.69) is 24.5 Å². The number of carbonyl (C=O) groups is 3. The fourth-order valence-electron chi connectivity index (χ4n) is 5.45. The van der Waals surface area contributed by atoms with E-state index < -0.39 is 22.6 Å². The molecule has 3 aliphatic rings. The highest BCUT2D eigenvalue weighted by molar-refractivity contribution is 8.02. The molecule has 3 N–H and O–H groups in total. The smallest absolute Gasteiger partial charge is 0.244 e. The van der Waals surface area contributed by atoms with Gasteiger partial charge in [0.05, 0.1) is 16.6 Å². The fourth-order valence-corrected chi connectivity index (χ4v) is 7.81. The van der Waals surface area contributed by atoms with E-state index >= 15 is 0 Å². The number of carbonyl (C=O) groups excluding carboxylic acids is 3. The number of fused-ring (bicyclic) bond motifs is 1. The Morgan fingerprint density at radius 2 is 1.86 bits per heavy atom. The lowest BCUT2D eigenvalue weighted by Gasteiger charge is -2.34. The first kappa shape index (κ1) is 22.4. The van der Waals surface area contributed by atoms with Crippen LogP contribution in [-0.2, 0) is 14.4 Å². The van der Waals surface area contributed by atoms with Gasteiger partial charge in [-0.15, -0.1) is 11.8 Å². The van der Waals surface area contributed by atoms with Crippen molar-refractivity contribution in [2.24, 2.45) is 11.8 Å². The fraction of sp³-hybridized carbons (Fsp3) is 0.857. The van der Waals surface area contributed by atoms with Crippen molar-refractivity contribution in [1.29, 1.82) is 0 Å². The minimum absolute atomic E-state index is 0.0309. The molecule has 164 valence electrons. The standard InChI is InChI=1S/C21H35N3O4S/c1-4-6-11-23-18(27)16-21-9-8-20(3,29-21)14(17(26)22-10-5-2)15(21)19(28)24(16)12-7-13-25/h14-16,25H,4-13H2,1-3H3,(H,22,26)(H,23,27)/t14-,15-,16?,20+,21?/m0/s1. The van der Waals surface area contributed by atoms with Crippen LogP contribution < -0.4 is 10.6 Å². The number of thioether (sulfide) groups is 1. The number of hydrogen-bond donors (Lipinski definition) is 3. The molecule has 7 nitrogen and oxygen atoms in total. The average molecular weight is 426 g/mol. The van der Waals surface area contributed by atoms with E-state index in [1.165, 1.54) is 0 Å². The van der Waals surface area contributed by atoms with Crippen LogP contribution in [0.5, 0.6) is 0 Å². The molecule has 0 saturated carbocycles. The summed E-state index contributed by atoms with van der Waals surface area (Å²) in [7, 11) is 0. The quantitative estimate of drug-likeness (QED) is 0.458. The van der Waals surface area contributed by atoms with Gasteiger partial charge in [0.15, 0.2) is 0 Å². The van der Waals surface area contributed by atoms with Crippen molar-refractivity contribution >= 4 is 29.5 Å². The lowest BCUT2D eigenvalue weighted by molar-refractivity contribution is -0.140. The van der Waals surface area contributed by atoms with Crippen LogP contribution in [0.2, 0.25) is 0 Å². The molecule has 0 aromatic heterocycles. The van der Waals surface area contributed by atoms with E-state index in [-0.39, 0.29) is 29.1 Å². The maximum Gasteiger partial charge on any atom is 0.244 e. The summed E-state index contributed by atoms with van der Waals surface area (Å²) in [5.41, 5.74) is 0. The number of rotatable bonds is 10. The van der Waals surface area contributed by atoms with Crippen LogP contribution in [0.4, 0.5) is 0 Å². The molecule has 1 spiro atoms. The molecule has 3 saturated heterocycles. The maximum absolute atomic E-state index is 13.5. The summed E-state index contributed by atoms with van der Waals surface area (Å²) in [4.78, 5) is 41.5. The summed E-state index contributed by atoms with van der Waals surface area (Å²) in [6, 6.07) is -0.570. The molecule has 3 rings (SSSR count). The predicted octanol–water partition coefficient (Wildman–Crippen LogP) is 1.29. The van der Waals surface area contributed by atoms with Crippen LogP contribution >= 0.6 is 11.8 Å². The molecule has 5 atom stereocenters. The zero-order chi connectivity index (χ0) is 21.2. The van der Waals surface area contributed by atoms with Gasteiger partial charge < -0.3 is 20.6 Å². The molecule has 29 heavy (non-hydrogen) atoms. The molecule has 8 heteroatoms. The lowest BCUT2D eigenvalue weighted by atomic mass is 9.66. The minimum atomic E-state index is -0.570. The molecule has 0 aromatic rings. The highest BCUT2D eigenvalue weighted by Gasteiger charge is 2.76. The molecular formula is C21H35N3O4S. The molecule has 3 amide bonds. The molecule has 3 fully saturated rings. The second-order valence-corrected chi connectivity index (χ2v) is 10.7. The summed E-state index contributed by atoms with van der Waals surface area (Å²) in [5.74, 6) is -1.15. The Hall–Kier alpha value is -1.28. The van der Waals surface area contributed by atoms with Gasteiger partial charge in [0.2, 0.25) is 17.7 Å². The first-order chi connectivity index (χ1) is 13.9. The van der Waals surface area contributed by atoms with E-state index in [9.17, 15) is 19.5 Å². The van der Waals surface area contributed by atoms with E-state index in [1.807, 2.05) is 6.92 Å². The Bertz CT molecular complexity index is 660. The van der Waals surface area contributed by atoms with Crippen molar-refractivity contribution in [3.63, 3.8) is 0 Å². The molecule has 2 unspecified atom stereocenters. The Morgan fingerprint density at radius 1 is 1.14 bits per heavy atom. The number of likely N-dealkylation sites (tertiary alicyclic amines) is 1. The first-order valence-electron chi connectivity index (χ1n) is 11.0. The molecule has 3 heterocycles. The lowest BCUT2D eigenvalue weighted by Crippen LogP contribution is -2.54. The number of nitrogens with one attached hydrogen (secondary N) is 2. The average Bonchev–Trinajstić information content (AvgIpc) is 3.25. The van der Waals surface area contributed by atoms with Crippen molar-refractivity contribution in [2.75, 3.05) is 26.2 Å². The molecule has 3 aliphatic heterocycles. The second-order valence-electron chi connectivity index (χ2n) is 8.77. The monoisotopic (exact) mass is 425 g/mol. The van der Waals surface area contributed by atoms with Crippen molar-refractivity contribution < 1.29 is 19.5 Å². The van der Waals surface area contributed by atoms with Crippen molar-refractivity contribution in [3.05, 3.63) is 0 Å². The molecule has 2 bridgehead atoms. The SMILES string of the molecule is CCCCNC(=O)C1N(CCCO)C(=O)[C@@H]2[C@@H](C(=O)NCCC)[C@@]3(C)CCC12S3. The van der Waals surface area contributed by atoms with Crippen LogP contribution in [0, 0.1) is 11.8 Å². The number of nitrogens with zero attached hydrogens (tertiary/aromatic N) is 1. The van der Waals surface area contributed by atoms with Gasteiger partial charge in [-0.05, 0) is 39.0 Å². The summed E-state index contributed by atoms with van der Waals surface area (Å²) in [5, 5.41) is 15.3. The topological polar surface area (TPSA) is 98.7 Å². The third-order valence-electron chi connectivity index (χ3n) is 6.74. The number of amides is 3. The Balaban J connectivity index is 1.93. The Morgan fingerprint density at radius 3 is 2.52 bits per heavy atom. The van der Waals surface area contributed by atoms with E-state index in [0.29, 0.717) is 26.1 Å². The van der Waals surface area contributed by atoms with Crippen molar-refractivity contribution in [3.8, 4) is 0 Å². The predicted molar refractivity (Wildman–Crippen MR) is 113 cm³/mol. The second kappa shape index (κ2) is 8.84. The Labute approximate surface area is 177 Å². The third kappa shape index (κ3) is 3.67. The molecule has 0 aliphatic carbocycles. The zero-order valence-corrected chi connectivity index (χ0v) is 18.6. The summed E-state index contributed by atoms with van der Waals surface area (Å²) in [6.45, 7) is 7.67. The van der Waals surface area contributed by atoms with Gasteiger partial charge in [-0.2, -0.15) is 0 Å². The van der Waals surface area contributed by atoms with Gasteiger partial charge in [-0.25, -0.2) is 0 Å². The van der Waals surface area contributed by atoms with Gasteiger partial charge in [-0.3, -0.25) is 14.4 Å². The van der Waals surface area contributed by atoms with Crippen LogP contribution in [-0.4, -0.2) is 69.5 Å². The van der Waals surface area contributed by atoms with Crippen LogP contribution in [0.15, 0.2) is 0 Å². The van der Waals surface area contributed by atoms with E-state index in [4.69, 9.17) is 0 Å². The van der Waals surface area contributed by atoms with Crippen LogP contribution in [0.1, 0.15) is 59.3 Å². The third-order valence-corrected chi connectivity index (χ3v) is 8.73. The summed E-state index contributed by atoms with van der Waals surface area (Å²) >= 11 is 1.69. The minimum Gasteiger partial charge on any atom is -0.396 e. The first-order valence-corrected chi connectivity index (χ1v) is 11.8. The molecular weight excluding hydrogens is 390 g/mol. The van der Waals surface area contributed by atoms with Gasteiger partial charge in [-0.1, -0.05) is 20.3 Å². The summed E-state index contributed by atoms with van der Waals surface area (Å²) < 4.78 is -0.866. The molecule has 0 radical (unpaired) electrons. The summed E-state index contributed by atoms with van der Waals surface area (Å²) in [6.07, 6.45) is 4.76. The number of aliphatic hydroxyl groups excluding tert-OH is 1. The molecule has 0 aromatic carbocycles. The zero-order valence-electron chi connectivity index (χ0n) is 17.8. The van der Waals surface area contributed by atoms with Gasteiger partial charge in [0.25, 0.3) is 0 Å². The van der Waals surface area contributed by atoms with E-state index in [0.717, 1.165) is 32.1 Å². The number of hydrogen-bond acceptors (Lipinski definition) is 5. The number of aliphatic hydroxyl groups is 1. The van der Waals surface area contributed by atoms with E-state index in [1.54, 1.807) is 16.7 Å². The van der Waals surface area contributed by atoms with Crippen LogP contribution in [0.25, 0.3) is 0 Å². The van der Waals surface area contributed by atoms with Crippen molar-refractivity contribution in [2.45, 2.75) is 74.8 Å². The van der Waals surface area contributed by atoms with Gasteiger partial charge in [0.1, 0.15) is 6.04 Å². The van der Waals surface area contributed by atoms with Gasteiger partial charge >= 0.3 is 0 Å². The van der Waals surface area contributed by atoms with Crippen LogP contribution in [0.3, 0.4) is 0 Å². The van der Waals surface area contributed by atoms with Gasteiger partial charge in [0, 0.05) is 31.0 Å². The number of unbranched alkanes of at least 4 members (excludes halogenated alkanes) is 1. The highest BCUT2D eigenvalue weighted by atomic mass is 32.2. The highest BCUT2D eigenvalue weighted by Crippen LogP contribution is 2.71.